The van der Waals surface area contributed by atoms with Gasteiger partial charge in [0.2, 0.25) is 0 Å². The van der Waals surface area contributed by atoms with Crippen molar-refractivity contribution >= 4 is 0 Å². The fraction of sp³-hybridized carbons (Fsp3) is 0.727. The van der Waals surface area contributed by atoms with Crippen molar-refractivity contribution in [1.82, 2.24) is 14.5 Å². The first-order valence-corrected chi connectivity index (χ1v) is 5.55. The molecule has 1 aliphatic rings. The Bertz CT molecular complexity index is 274. The molecule has 0 amide bonds. The van der Waals surface area contributed by atoms with E-state index in [-0.39, 0.29) is 0 Å². The number of aryl methyl sites for hydroxylation is 2. The fourth-order valence-corrected chi connectivity index (χ4v) is 2.08. The molecular formula is C11H19N3. The molecular weight excluding hydrogens is 174 g/mol. The molecule has 2 heterocycles. The largest absolute Gasteiger partial charge is 0.337 e. The summed E-state index contributed by atoms with van der Waals surface area (Å²) in [7, 11) is 0. The van der Waals surface area contributed by atoms with E-state index < -0.39 is 0 Å². The molecule has 0 bridgehead atoms. The highest BCUT2D eigenvalue weighted by Crippen LogP contribution is 2.07. The van der Waals surface area contributed by atoms with Gasteiger partial charge < -0.3 is 9.47 Å². The molecule has 0 aliphatic carbocycles. The zero-order valence-corrected chi connectivity index (χ0v) is 8.95. The van der Waals surface area contributed by atoms with Gasteiger partial charge in [-0.3, -0.25) is 0 Å². The van der Waals surface area contributed by atoms with Gasteiger partial charge in [-0.25, -0.2) is 4.98 Å². The number of likely N-dealkylation sites (tertiary alicyclic amines) is 1. The van der Waals surface area contributed by atoms with Crippen molar-refractivity contribution in [3.63, 3.8) is 0 Å². The molecule has 3 nitrogen and oxygen atoms in total. The molecule has 0 saturated carbocycles. The van der Waals surface area contributed by atoms with Crippen LogP contribution in [0.2, 0.25) is 0 Å². The normalized spacial score (nSPS) is 17.8. The predicted molar refractivity (Wildman–Crippen MR) is 57.3 cm³/mol. The molecule has 0 radical (unpaired) electrons. The lowest BCUT2D eigenvalue weighted by atomic mass is 10.4. The Hall–Kier alpha value is -0.830. The molecule has 78 valence electrons. The van der Waals surface area contributed by atoms with Crippen LogP contribution in [-0.4, -0.2) is 34.1 Å². The molecule has 1 saturated heterocycles. The van der Waals surface area contributed by atoms with Crippen LogP contribution in [0.1, 0.15) is 25.0 Å². The molecule has 1 aromatic heterocycles. The third-order valence-corrected chi connectivity index (χ3v) is 2.85. The molecule has 0 spiro atoms. The molecule has 3 heteroatoms. The number of imidazole rings is 1. The third-order valence-electron chi connectivity index (χ3n) is 2.85. The van der Waals surface area contributed by atoms with Gasteiger partial charge in [-0.1, -0.05) is 0 Å². The lowest BCUT2D eigenvalue weighted by Crippen LogP contribution is -2.21. The van der Waals surface area contributed by atoms with Crippen molar-refractivity contribution in [2.75, 3.05) is 19.6 Å². The van der Waals surface area contributed by atoms with E-state index in [2.05, 4.69) is 20.6 Å². The van der Waals surface area contributed by atoms with Gasteiger partial charge in [0.05, 0.1) is 12.0 Å². The topological polar surface area (TPSA) is 21.1 Å². The van der Waals surface area contributed by atoms with Gasteiger partial charge in [0.1, 0.15) is 0 Å². The summed E-state index contributed by atoms with van der Waals surface area (Å²) in [5.41, 5.74) is 1.12. The summed E-state index contributed by atoms with van der Waals surface area (Å²) >= 11 is 0. The number of nitrogens with zero attached hydrogens (tertiary/aromatic N) is 3. The zero-order chi connectivity index (χ0) is 9.80. The van der Waals surface area contributed by atoms with Gasteiger partial charge in [-0.15, -0.1) is 0 Å². The van der Waals surface area contributed by atoms with E-state index in [1.165, 1.54) is 38.9 Å². The fourth-order valence-electron chi connectivity index (χ4n) is 2.08. The quantitative estimate of drug-likeness (QED) is 0.725. The second-order valence-electron chi connectivity index (χ2n) is 4.16. The first kappa shape index (κ1) is 9.71. The van der Waals surface area contributed by atoms with E-state index in [1.807, 2.05) is 13.3 Å². The van der Waals surface area contributed by atoms with Crippen LogP contribution in [0.4, 0.5) is 0 Å². The summed E-state index contributed by atoms with van der Waals surface area (Å²) < 4.78 is 2.19. The minimum absolute atomic E-state index is 1.11. The molecule has 1 fully saturated rings. The van der Waals surface area contributed by atoms with E-state index in [9.17, 15) is 0 Å². The summed E-state index contributed by atoms with van der Waals surface area (Å²) in [5, 5.41) is 0. The SMILES string of the molecule is Cc1cn(CCCN2CCCC2)cn1. The summed E-state index contributed by atoms with van der Waals surface area (Å²) in [6, 6.07) is 0. The standard InChI is InChI=1S/C11H19N3/c1-11-9-14(10-12-11)8-4-7-13-5-2-3-6-13/h9-10H,2-8H2,1H3. The van der Waals surface area contributed by atoms with Crippen LogP contribution in [0.15, 0.2) is 12.5 Å². The van der Waals surface area contributed by atoms with Gasteiger partial charge in [0, 0.05) is 12.7 Å². The highest BCUT2D eigenvalue weighted by molar-refractivity contribution is 4.91. The molecule has 0 atom stereocenters. The van der Waals surface area contributed by atoms with Crippen LogP contribution in [0, 0.1) is 6.92 Å². The van der Waals surface area contributed by atoms with Crippen molar-refractivity contribution in [3.8, 4) is 0 Å². The lowest BCUT2D eigenvalue weighted by molar-refractivity contribution is 0.325. The van der Waals surface area contributed by atoms with E-state index in [0.29, 0.717) is 0 Å². The van der Waals surface area contributed by atoms with E-state index in [1.54, 1.807) is 0 Å². The van der Waals surface area contributed by atoms with Crippen molar-refractivity contribution in [3.05, 3.63) is 18.2 Å². The summed E-state index contributed by atoms with van der Waals surface area (Å²) in [4.78, 5) is 6.78. The number of hydrogen-bond donors (Lipinski definition) is 0. The van der Waals surface area contributed by atoms with Crippen LogP contribution in [-0.2, 0) is 6.54 Å². The Morgan fingerprint density at radius 2 is 2.07 bits per heavy atom. The Morgan fingerprint density at radius 3 is 2.71 bits per heavy atom. The van der Waals surface area contributed by atoms with Crippen molar-refractivity contribution < 1.29 is 0 Å². The summed E-state index contributed by atoms with van der Waals surface area (Å²) in [5.74, 6) is 0. The molecule has 14 heavy (non-hydrogen) atoms. The van der Waals surface area contributed by atoms with E-state index >= 15 is 0 Å². The van der Waals surface area contributed by atoms with Gasteiger partial charge in [0.15, 0.2) is 0 Å². The third kappa shape index (κ3) is 2.58. The zero-order valence-electron chi connectivity index (χ0n) is 8.95. The molecule has 0 N–H and O–H groups in total. The second-order valence-corrected chi connectivity index (χ2v) is 4.16. The lowest BCUT2D eigenvalue weighted by Gasteiger charge is -2.13. The molecule has 1 aromatic rings. The van der Waals surface area contributed by atoms with E-state index in [0.717, 1.165) is 12.2 Å². The average Bonchev–Trinajstić information content (AvgIpc) is 2.77. The van der Waals surface area contributed by atoms with Crippen LogP contribution in [0.5, 0.6) is 0 Å². The second kappa shape index (κ2) is 4.60. The minimum atomic E-state index is 1.11. The predicted octanol–water partition coefficient (Wildman–Crippen LogP) is 1.68. The Balaban J connectivity index is 1.67. The maximum absolute atomic E-state index is 4.22. The Kier molecular flexibility index (Phi) is 3.19. The van der Waals surface area contributed by atoms with Crippen LogP contribution in [0.25, 0.3) is 0 Å². The van der Waals surface area contributed by atoms with E-state index in [4.69, 9.17) is 0 Å². The first-order chi connectivity index (χ1) is 6.84. The molecule has 2 rings (SSSR count). The number of hydrogen-bond acceptors (Lipinski definition) is 2. The van der Waals surface area contributed by atoms with Crippen molar-refractivity contribution in [1.29, 1.82) is 0 Å². The number of rotatable bonds is 4. The van der Waals surface area contributed by atoms with Crippen molar-refractivity contribution in [2.24, 2.45) is 0 Å². The van der Waals surface area contributed by atoms with Gasteiger partial charge >= 0.3 is 0 Å². The van der Waals surface area contributed by atoms with Crippen molar-refractivity contribution in [2.45, 2.75) is 32.7 Å². The summed E-state index contributed by atoms with van der Waals surface area (Å²) in [6.07, 6.45) is 8.08. The molecule has 1 aliphatic heterocycles. The highest BCUT2D eigenvalue weighted by Gasteiger charge is 2.10. The minimum Gasteiger partial charge on any atom is -0.337 e. The van der Waals surface area contributed by atoms with Gasteiger partial charge in [0.25, 0.3) is 0 Å². The molecule has 0 unspecified atom stereocenters. The monoisotopic (exact) mass is 193 g/mol. The van der Waals surface area contributed by atoms with Crippen LogP contribution < -0.4 is 0 Å². The maximum Gasteiger partial charge on any atom is 0.0949 e. The van der Waals surface area contributed by atoms with Gasteiger partial charge in [-0.2, -0.15) is 0 Å². The Morgan fingerprint density at radius 1 is 1.29 bits per heavy atom. The maximum atomic E-state index is 4.22. The smallest absolute Gasteiger partial charge is 0.0949 e. The number of aromatic nitrogens is 2. The van der Waals surface area contributed by atoms with Crippen LogP contribution >= 0.6 is 0 Å². The van der Waals surface area contributed by atoms with Gasteiger partial charge in [-0.05, 0) is 45.8 Å². The highest BCUT2D eigenvalue weighted by atomic mass is 15.1. The van der Waals surface area contributed by atoms with Crippen LogP contribution in [0.3, 0.4) is 0 Å². The first-order valence-electron chi connectivity index (χ1n) is 5.55. The summed E-state index contributed by atoms with van der Waals surface area (Å²) in [6.45, 7) is 7.01. The average molecular weight is 193 g/mol. The molecule has 0 aromatic carbocycles. The Labute approximate surface area is 85.7 Å².